The molecule has 0 rings (SSSR count). The van der Waals surface area contributed by atoms with E-state index in [0.717, 1.165) is 0 Å². The van der Waals surface area contributed by atoms with Crippen LogP contribution in [0.5, 0.6) is 0 Å². The van der Waals surface area contributed by atoms with Crippen LogP contribution in [0.15, 0.2) is 0 Å². The summed E-state index contributed by atoms with van der Waals surface area (Å²) in [5.41, 5.74) is 4.97. The molecule has 0 aliphatic heterocycles. The topological polar surface area (TPSA) is 138 Å². The van der Waals surface area contributed by atoms with Crippen molar-refractivity contribution in [3.8, 4) is 0 Å². The highest BCUT2D eigenvalue weighted by molar-refractivity contribution is 5.85. The Bertz CT molecular complexity index is 237. The van der Waals surface area contributed by atoms with Gasteiger partial charge in [-0.05, 0) is 0 Å². The number of nitrogens with two attached hydrogens (primary N) is 1. The van der Waals surface area contributed by atoms with Crippen molar-refractivity contribution < 1.29 is 29.7 Å². The van der Waals surface area contributed by atoms with Gasteiger partial charge in [-0.15, -0.1) is 0 Å². The van der Waals surface area contributed by atoms with Gasteiger partial charge >= 0.3 is 17.9 Å². The molecule has 7 heteroatoms. The number of carbonyl (C=O) groups is 3. The molecule has 0 aliphatic rings. The summed E-state index contributed by atoms with van der Waals surface area (Å²) in [5, 5.41) is 25.0. The highest BCUT2D eigenvalue weighted by atomic mass is 16.4. The maximum absolute atomic E-state index is 10.4. The van der Waals surface area contributed by atoms with Crippen molar-refractivity contribution in [2.24, 2.45) is 11.7 Å². The van der Waals surface area contributed by atoms with Gasteiger partial charge in [0.2, 0.25) is 0 Å². The average molecular weight is 191 g/mol. The maximum atomic E-state index is 10.4. The molecule has 0 aromatic carbocycles. The van der Waals surface area contributed by atoms with Crippen LogP contribution in [0.25, 0.3) is 0 Å². The van der Waals surface area contributed by atoms with E-state index in [4.69, 9.17) is 21.1 Å². The molecule has 0 spiro atoms. The molecule has 0 bridgehead atoms. The van der Waals surface area contributed by atoms with Crippen LogP contribution in [0.2, 0.25) is 0 Å². The molecule has 5 N–H and O–H groups in total. The molecule has 0 fully saturated rings. The predicted octanol–water partition coefficient (Wildman–Crippen LogP) is -1.43. The van der Waals surface area contributed by atoms with Gasteiger partial charge in [-0.1, -0.05) is 0 Å². The lowest BCUT2D eigenvalue weighted by molar-refractivity contribution is -0.153. The zero-order chi connectivity index (χ0) is 10.6. The Kier molecular flexibility index (Phi) is 3.86. The number of hydrogen-bond acceptors (Lipinski definition) is 4. The summed E-state index contributed by atoms with van der Waals surface area (Å²) in [4.78, 5) is 30.7. The number of carboxylic acid groups (broad SMARTS) is 3. The molecule has 0 aromatic heterocycles. The third-order valence-corrected chi connectivity index (χ3v) is 1.43. The van der Waals surface area contributed by atoms with Crippen LogP contribution in [0.3, 0.4) is 0 Å². The highest BCUT2D eigenvalue weighted by Crippen LogP contribution is 2.08. The maximum Gasteiger partial charge on any atom is 0.321 e. The van der Waals surface area contributed by atoms with Gasteiger partial charge < -0.3 is 21.1 Å². The van der Waals surface area contributed by atoms with Crippen molar-refractivity contribution in [2.75, 3.05) is 0 Å². The van der Waals surface area contributed by atoms with Crippen molar-refractivity contribution >= 4 is 17.9 Å². The van der Waals surface area contributed by atoms with Crippen LogP contribution in [0.4, 0.5) is 0 Å². The van der Waals surface area contributed by atoms with Crippen molar-refractivity contribution in [3.05, 3.63) is 0 Å². The summed E-state index contributed by atoms with van der Waals surface area (Å²) in [7, 11) is 0. The second-order valence-corrected chi connectivity index (χ2v) is 2.41. The fraction of sp³-hybridized carbons (Fsp3) is 0.500. The lowest BCUT2D eigenvalue weighted by Crippen LogP contribution is -2.43. The summed E-state index contributed by atoms with van der Waals surface area (Å²) in [6.07, 6.45) is -0.803. The molecule has 0 radical (unpaired) electrons. The number of hydrogen-bond donors (Lipinski definition) is 4. The smallest absolute Gasteiger partial charge is 0.321 e. The molecule has 2 atom stereocenters. The second kappa shape index (κ2) is 4.41. The molecular formula is C6H9NO6. The van der Waals surface area contributed by atoms with Crippen molar-refractivity contribution in [2.45, 2.75) is 12.5 Å². The number of carboxylic acids is 3. The Labute approximate surface area is 72.8 Å². The van der Waals surface area contributed by atoms with E-state index in [1.165, 1.54) is 0 Å². The molecule has 0 heterocycles. The van der Waals surface area contributed by atoms with Crippen LogP contribution in [-0.2, 0) is 14.4 Å². The Morgan fingerprint density at radius 2 is 1.54 bits per heavy atom. The Hall–Kier alpha value is -1.63. The number of rotatable bonds is 5. The van der Waals surface area contributed by atoms with Crippen LogP contribution < -0.4 is 5.73 Å². The van der Waals surface area contributed by atoms with E-state index in [1.807, 2.05) is 0 Å². The van der Waals surface area contributed by atoms with Gasteiger partial charge in [0, 0.05) is 0 Å². The minimum atomic E-state index is -1.70. The third-order valence-electron chi connectivity index (χ3n) is 1.43. The van der Waals surface area contributed by atoms with Crippen LogP contribution >= 0.6 is 0 Å². The van der Waals surface area contributed by atoms with E-state index in [9.17, 15) is 14.4 Å². The highest BCUT2D eigenvalue weighted by Gasteiger charge is 2.32. The SMILES string of the molecule is N[C@@H](C(=O)O)[C@@H](CC(=O)O)C(=O)O. The molecule has 7 nitrogen and oxygen atoms in total. The minimum absolute atomic E-state index is 0.803. The fourth-order valence-corrected chi connectivity index (χ4v) is 0.728. The fourth-order valence-electron chi connectivity index (χ4n) is 0.728. The number of aliphatic carboxylic acids is 3. The Balaban J connectivity index is 4.51. The summed E-state index contributed by atoms with van der Waals surface area (Å²) in [6, 6.07) is -1.70. The van der Waals surface area contributed by atoms with Gasteiger partial charge in [0.15, 0.2) is 0 Å². The van der Waals surface area contributed by atoms with Crippen molar-refractivity contribution in [1.82, 2.24) is 0 Å². The average Bonchev–Trinajstić information content (AvgIpc) is 1.97. The van der Waals surface area contributed by atoms with Crippen LogP contribution in [0.1, 0.15) is 6.42 Å². The summed E-state index contributed by atoms with van der Waals surface area (Å²) >= 11 is 0. The standard InChI is InChI=1S/C6H9NO6/c7-4(6(12)13)2(5(10)11)1-3(8)9/h2,4H,1,7H2,(H,8,9)(H,10,11)(H,12,13)/t2-,4-/m1/s1. The molecule has 74 valence electrons. The largest absolute Gasteiger partial charge is 0.481 e. The van der Waals surface area contributed by atoms with E-state index < -0.39 is 36.3 Å². The molecule has 13 heavy (non-hydrogen) atoms. The minimum Gasteiger partial charge on any atom is -0.481 e. The van der Waals surface area contributed by atoms with E-state index in [0.29, 0.717) is 0 Å². The first kappa shape index (κ1) is 11.4. The lowest BCUT2D eigenvalue weighted by Gasteiger charge is -2.13. The van der Waals surface area contributed by atoms with Gasteiger partial charge in [0.05, 0.1) is 12.3 Å². The predicted molar refractivity (Wildman–Crippen MR) is 39.0 cm³/mol. The van der Waals surface area contributed by atoms with Gasteiger partial charge in [-0.25, -0.2) is 0 Å². The molecule has 0 amide bonds. The monoisotopic (exact) mass is 191 g/mol. The molecular weight excluding hydrogens is 182 g/mol. The molecule has 0 aliphatic carbocycles. The molecule has 0 saturated heterocycles. The molecule has 0 saturated carbocycles. The quantitative estimate of drug-likeness (QED) is 0.418. The zero-order valence-electron chi connectivity index (χ0n) is 6.51. The second-order valence-electron chi connectivity index (χ2n) is 2.41. The van der Waals surface area contributed by atoms with Gasteiger partial charge in [0.25, 0.3) is 0 Å². The van der Waals surface area contributed by atoms with E-state index in [2.05, 4.69) is 0 Å². The van der Waals surface area contributed by atoms with E-state index >= 15 is 0 Å². The zero-order valence-corrected chi connectivity index (χ0v) is 6.51. The molecule has 0 unspecified atom stereocenters. The van der Waals surface area contributed by atoms with E-state index in [1.54, 1.807) is 0 Å². The first-order chi connectivity index (χ1) is 5.86. The first-order valence-corrected chi connectivity index (χ1v) is 3.29. The van der Waals surface area contributed by atoms with Gasteiger partial charge in [-0.3, -0.25) is 14.4 Å². The summed E-state index contributed by atoms with van der Waals surface area (Å²) in [6.45, 7) is 0. The van der Waals surface area contributed by atoms with Gasteiger partial charge in [-0.2, -0.15) is 0 Å². The van der Waals surface area contributed by atoms with Crippen molar-refractivity contribution in [3.63, 3.8) is 0 Å². The van der Waals surface area contributed by atoms with Gasteiger partial charge in [0.1, 0.15) is 6.04 Å². The Morgan fingerprint density at radius 3 is 1.77 bits per heavy atom. The van der Waals surface area contributed by atoms with Crippen LogP contribution in [0, 0.1) is 5.92 Å². The van der Waals surface area contributed by atoms with Crippen LogP contribution in [-0.4, -0.2) is 39.3 Å². The third kappa shape index (κ3) is 3.52. The summed E-state index contributed by atoms with van der Waals surface area (Å²) in [5.74, 6) is -6.06. The molecule has 0 aromatic rings. The first-order valence-electron chi connectivity index (χ1n) is 3.29. The lowest BCUT2D eigenvalue weighted by atomic mass is 9.97. The summed E-state index contributed by atoms with van der Waals surface area (Å²) < 4.78 is 0. The van der Waals surface area contributed by atoms with Crippen molar-refractivity contribution in [1.29, 1.82) is 0 Å². The normalized spacial score (nSPS) is 14.5. The van der Waals surface area contributed by atoms with E-state index in [-0.39, 0.29) is 0 Å². The Morgan fingerprint density at radius 1 is 1.08 bits per heavy atom.